The van der Waals surface area contributed by atoms with Crippen molar-refractivity contribution >= 4 is 11.5 Å². The molecule has 3 heteroatoms. The van der Waals surface area contributed by atoms with Crippen molar-refractivity contribution in [1.29, 1.82) is 0 Å². The van der Waals surface area contributed by atoms with E-state index in [1.54, 1.807) is 0 Å². The van der Waals surface area contributed by atoms with Crippen LogP contribution in [0.3, 0.4) is 0 Å². The standard InChI is InChI=1S/C23H31N3/c1-18-11-6-7-13-21(18)23(25(3)4)24-22-14-10-12-20(19(22)2)17-26-15-8-5-9-16-26/h6-7,10-14H,5,8-9,15-17H2,1-4H3/b24-23-. The number of amidine groups is 1. The predicted octanol–water partition coefficient (Wildman–Crippen LogP) is 4.93. The van der Waals surface area contributed by atoms with E-state index in [1.165, 1.54) is 54.6 Å². The van der Waals surface area contributed by atoms with E-state index < -0.39 is 0 Å². The molecule has 0 aliphatic carbocycles. The molecule has 138 valence electrons. The summed E-state index contributed by atoms with van der Waals surface area (Å²) in [6.45, 7) is 7.84. The molecule has 1 aliphatic rings. The van der Waals surface area contributed by atoms with Gasteiger partial charge in [-0.3, -0.25) is 4.90 Å². The Kier molecular flexibility index (Phi) is 6.10. The fourth-order valence-corrected chi connectivity index (χ4v) is 3.66. The van der Waals surface area contributed by atoms with Gasteiger partial charge in [-0.2, -0.15) is 0 Å². The highest BCUT2D eigenvalue weighted by molar-refractivity contribution is 6.01. The Morgan fingerprint density at radius 3 is 2.38 bits per heavy atom. The van der Waals surface area contributed by atoms with E-state index in [9.17, 15) is 0 Å². The molecule has 26 heavy (non-hydrogen) atoms. The second-order valence-corrected chi connectivity index (χ2v) is 7.54. The summed E-state index contributed by atoms with van der Waals surface area (Å²) < 4.78 is 0. The third kappa shape index (κ3) is 4.34. The number of hydrogen-bond donors (Lipinski definition) is 0. The second kappa shape index (κ2) is 8.50. The first-order valence-corrected chi connectivity index (χ1v) is 9.69. The summed E-state index contributed by atoms with van der Waals surface area (Å²) in [5.41, 5.74) is 6.22. The van der Waals surface area contributed by atoms with Gasteiger partial charge in [-0.15, -0.1) is 0 Å². The zero-order chi connectivity index (χ0) is 18.5. The van der Waals surface area contributed by atoms with E-state index in [4.69, 9.17) is 4.99 Å². The van der Waals surface area contributed by atoms with Crippen molar-refractivity contribution in [2.24, 2.45) is 4.99 Å². The van der Waals surface area contributed by atoms with E-state index in [0.717, 1.165) is 18.1 Å². The van der Waals surface area contributed by atoms with Gasteiger partial charge in [0.2, 0.25) is 0 Å². The fraction of sp³-hybridized carbons (Fsp3) is 0.435. The highest BCUT2D eigenvalue weighted by atomic mass is 15.1. The summed E-state index contributed by atoms with van der Waals surface area (Å²) in [6, 6.07) is 15.0. The molecule has 1 saturated heterocycles. The van der Waals surface area contributed by atoms with Crippen LogP contribution in [-0.2, 0) is 6.54 Å². The van der Waals surface area contributed by atoms with Crippen molar-refractivity contribution in [3.05, 3.63) is 64.7 Å². The maximum atomic E-state index is 5.07. The van der Waals surface area contributed by atoms with Crippen LogP contribution in [0.4, 0.5) is 5.69 Å². The van der Waals surface area contributed by atoms with Crippen LogP contribution < -0.4 is 0 Å². The molecule has 0 atom stereocenters. The smallest absolute Gasteiger partial charge is 0.136 e. The number of benzene rings is 2. The summed E-state index contributed by atoms with van der Waals surface area (Å²) in [5.74, 6) is 1.02. The van der Waals surface area contributed by atoms with Gasteiger partial charge in [0.25, 0.3) is 0 Å². The molecule has 0 radical (unpaired) electrons. The summed E-state index contributed by atoms with van der Waals surface area (Å²) >= 11 is 0. The quantitative estimate of drug-likeness (QED) is 0.576. The zero-order valence-electron chi connectivity index (χ0n) is 16.6. The Bertz CT molecular complexity index is 771. The van der Waals surface area contributed by atoms with Crippen LogP contribution in [0.1, 0.15) is 41.5 Å². The first-order chi connectivity index (χ1) is 12.6. The van der Waals surface area contributed by atoms with Gasteiger partial charge in [-0.05, 0) is 62.5 Å². The normalized spacial score (nSPS) is 15.9. The minimum absolute atomic E-state index is 1.02. The molecule has 1 aliphatic heterocycles. The lowest BCUT2D eigenvalue weighted by Gasteiger charge is -2.27. The molecule has 0 amide bonds. The van der Waals surface area contributed by atoms with Crippen LogP contribution in [0.5, 0.6) is 0 Å². The monoisotopic (exact) mass is 349 g/mol. The van der Waals surface area contributed by atoms with E-state index in [-0.39, 0.29) is 0 Å². The third-order valence-electron chi connectivity index (χ3n) is 5.30. The molecule has 3 nitrogen and oxygen atoms in total. The molecule has 3 rings (SSSR count). The van der Waals surface area contributed by atoms with E-state index >= 15 is 0 Å². The lowest BCUT2D eigenvalue weighted by Crippen LogP contribution is -2.29. The van der Waals surface area contributed by atoms with Gasteiger partial charge < -0.3 is 4.90 Å². The Hall–Kier alpha value is -2.13. The molecule has 2 aromatic rings. The zero-order valence-corrected chi connectivity index (χ0v) is 16.6. The largest absolute Gasteiger partial charge is 0.362 e. The number of piperidine rings is 1. The average Bonchev–Trinajstić information content (AvgIpc) is 2.64. The van der Waals surface area contributed by atoms with Crippen molar-refractivity contribution in [2.45, 2.75) is 39.7 Å². The van der Waals surface area contributed by atoms with Crippen LogP contribution in [0, 0.1) is 13.8 Å². The van der Waals surface area contributed by atoms with Gasteiger partial charge >= 0.3 is 0 Å². The Labute approximate surface area is 158 Å². The predicted molar refractivity (Wildman–Crippen MR) is 111 cm³/mol. The number of nitrogens with zero attached hydrogens (tertiary/aromatic N) is 3. The van der Waals surface area contributed by atoms with Crippen molar-refractivity contribution in [3.63, 3.8) is 0 Å². The molecule has 1 fully saturated rings. The minimum atomic E-state index is 1.02. The molecule has 0 unspecified atom stereocenters. The second-order valence-electron chi connectivity index (χ2n) is 7.54. The van der Waals surface area contributed by atoms with Crippen molar-refractivity contribution in [2.75, 3.05) is 27.2 Å². The Balaban J connectivity index is 1.93. The third-order valence-corrected chi connectivity index (χ3v) is 5.30. The van der Waals surface area contributed by atoms with Crippen molar-refractivity contribution < 1.29 is 0 Å². The number of aliphatic imine (C=N–C) groups is 1. The maximum absolute atomic E-state index is 5.07. The average molecular weight is 350 g/mol. The molecule has 2 aromatic carbocycles. The van der Waals surface area contributed by atoms with Crippen molar-refractivity contribution in [3.8, 4) is 0 Å². The van der Waals surface area contributed by atoms with Crippen LogP contribution in [-0.4, -0.2) is 42.8 Å². The lowest BCUT2D eigenvalue weighted by molar-refractivity contribution is 0.220. The molecule has 0 N–H and O–H groups in total. The highest BCUT2D eigenvalue weighted by Crippen LogP contribution is 2.26. The van der Waals surface area contributed by atoms with Gasteiger partial charge in [-0.1, -0.05) is 42.8 Å². The maximum Gasteiger partial charge on any atom is 0.136 e. The molecular formula is C23H31N3. The van der Waals surface area contributed by atoms with Gasteiger partial charge in [0.05, 0.1) is 5.69 Å². The first-order valence-electron chi connectivity index (χ1n) is 9.69. The fourth-order valence-electron chi connectivity index (χ4n) is 3.66. The minimum Gasteiger partial charge on any atom is -0.362 e. The Morgan fingerprint density at radius 2 is 1.69 bits per heavy atom. The number of rotatable bonds is 4. The molecule has 0 aromatic heterocycles. The molecular weight excluding hydrogens is 318 g/mol. The number of aryl methyl sites for hydroxylation is 1. The summed E-state index contributed by atoms with van der Waals surface area (Å²) in [6.07, 6.45) is 4.03. The van der Waals surface area contributed by atoms with Gasteiger partial charge in [-0.25, -0.2) is 4.99 Å². The summed E-state index contributed by atoms with van der Waals surface area (Å²) in [7, 11) is 4.14. The summed E-state index contributed by atoms with van der Waals surface area (Å²) in [4.78, 5) is 9.75. The van der Waals surface area contributed by atoms with Crippen molar-refractivity contribution in [1.82, 2.24) is 9.80 Å². The molecule has 0 saturated carbocycles. The number of hydrogen-bond acceptors (Lipinski definition) is 2. The summed E-state index contributed by atoms with van der Waals surface area (Å²) in [5, 5.41) is 0. The van der Waals surface area contributed by atoms with Crippen LogP contribution >= 0.6 is 0 Å². The van der Waals surface area contributed by atoms with Crippen LogP contribution in [0.25, 0.3) is 0 Å². The molecule has 1 heterocycles. The van der Waals surface area contributed by atoms with E-state index in [0.29, 0.717) is 0 Å². The van der Waals surface area contributed by atoms with E-state index in [2.05, 4.69) is 80.2 Å². The Morgan fingerprint density at radius 1 is 0.962 bits per heavy atom. The topological polar surface area (TPSA) is 18.8 Å². The first kappa shape index (κ1) is 18.7. The highest BCUT2D eigenvalue weighted by Gasteiger charge is 2.14. The van der Waals surface area contributed by atoms with Gasteiger partial charge in [0, 0.05) is 26.2 Å². The van der Waals surface area contributed by atoms with Gasteiger partial charge in [0.1, 0.15) is 5.84 Å². The van der Waals surface area contributed by atoms with E-state index in [1.807, 2.05) is 0 Å². The van der Waals surface area contributed by atoms with Crippen LogP contribution in [0.15, 0.2) is 47.5 Å². The molecule has 0 spiro atoms. The lowest BCUT2D eigenvalue weighted by atomic mass is 10.0. The van der Waals surface area contributed by atoms with Gasteiger partial charge in [0.15, 0.2) is 0 Å². The number of likely N-dealkylation sites (tertiary alicyclic amines) is 1. The SMILES string of the molecule is Cc1ccccc1/C(=N/c1cccc(CN2CCCCC2)c1C)N(C)C. The molecule has 0 bridgehead atoms. The van der Waals surface area contributed by atoms with Crippen LogP contribution in [0.2, 0.25) is 0 Å².